The summed E-state index contributed by atoms with van der Waals surface area (Å²) in [6.45, 7) is 8.11. The molecule has 2 rings (SSSR count). The molecule has 0 saturated heterocycles. The van der Waals surface area contributed by atoms with Crippen LogP contribution in [-0.2, 0) is 11.5 Å². The molecular weight excluding hydrogens is 327 g/mol. The van der Waals surface area contributed by atoms with Gasteiger partial charge in [0.05, 0.1) is 16.3 Å². The lowest BCUT2D eigenvalue weighted by Gasteiger charge is -2.15. The minimum Gasteiger partial charge on any atom is -0.361 e. The highest BCUT2D eigenvalue weighted by molar-refractivity contribution is 9.10. The van der Waals surface area contributed by atoms with Crippen LogP contribution in [0.15, 0.2) is 22.9 Å². The van der Waals surface area contributed by atoms with Gasteiger partial charge in [-0.15, -0.1) is 0 Å². The van der Waals surface area contributed by atoms with Crippen LogP contribution in [0.4, 0.5) is 4.39 Å². The minimum atomic E-state index is -1.07. The molecule has 0 aliphatic carbocycles. The molecule has 1 aromatic carbocycles. The summed E-state index contributed by atoms with van der Waals surface area (Å²) in [6.07, 6.45) is 1.62. The fraction of sp³-hybridized carbons (Fsp3) is 0.462. The summed E-state index contributed by atoms with van der Waals surface area (Å²) in [4.78, 5) is 4.09. The van der Waals surface area contributed by atoms with Gasteiger partial charge in [-0.2, -0.15) is 0 Å². The van der Waals surface area contributed by atoms with Crippen LogP contribution in [0.3, 0.4) is 0 Å². The van der Waals surface area contributed by atoms with Crippen molar-refractivity contribution in [3.05, 3.63) is 28.7 Å². The number of halogens is 2. The average Bonchev–Trinajstić information content (AvgIpc) is 2.72. The van der Waals surface area contributed by atoms with Gasteiger partial charge in [-0.25, -0.2) is 9.37 Å². The second kappa shape index (κ2) is 5.72. The third-order valence-corrected chi connectivity index (χ3v) is 5.23. The molecule has 0 aliphatic rings. The van der Waals surface area contributed by atoms with E-state index in [1.54, 1.807) is 12.4 Å². The molecule has 1 aromatic heterocycles. The first-order valence-corrected chi connectivity index (χ1v) is 10.7. The topological polar surface area (TPSA) is 27.1 Å². The normalized spacial score (nSPS) is 12.3. The van der Waals surface area contributed by atoms with E-state index < -0.39 is 8.07 Å². The Morgan fingerprint density at radius 3 is 2.79 bits per heavy atom. The van der Waals surface area contributed by atoms with Gasteiger partial charge >= 0.3 is 0 Å². The molecule has 0 saturated carbocycles. The Morgan fingerprint density at radius 1 is 1.37 bits per heavy atom. The Labute approximate surface area is 121 Å². The molecule has 0 atom stereocenters. The van der Waals surface area contributed by atoms with E-state index in [0.29, 0.717) is 16.7 Å². The molecule has 19 heavy (non-hydrogen) atoms. The number of nitrogens with zero attached hydrogens (tertiary/aromatic N) is 2. The first kappa shape index (κ1) is 14.7. The second-order valence-electron chi connectivity index (χ2n) is 5.79. The van der Waals surface area contributed by atoms with Crippen molar-refractivity contribution in [2.45, 2.75) is 32.4 Å². The zero-order valence-corrected chi connectivity index (χ0v) is 14.0. The molecular formula is C13H18BrFN2OSi. The van der Waals surface area contributed by atoms with Crippen LogP contribution in [0.25, 0.3) is 11.0 Å². The van der Waals surface area contributed by atoms with Gasteiger partial charge in [-0.05, 0) is 34.1 Å². The molecule has 0 unspecified atom stereocenters. The molecule has 1 heterocycles. The summed E-state index contributed by atoms with van der Waals surface area (Å²) in [7, 11) is -1.07. The summed E-state index contributed by atoms with van der Waals surface area (Å²) < 4.78 is 21.7. The van der Waals surface area contributed by atoms with E-state index >= 15 is 0 Å². The standard InChI is InChI=1S/C13H18BrFN2OSi/c1-19(2,3)7-6-18-9-17-8-16-13-11(17)5-4-10(14)12(13)15/h4-5,8H,6-7,9H2,1-3H3. The lowest BCUT2D eigenvalue weighted by atomic mass is 10.3. The van der Waals surface area contributed by atoms with Crippen molar-refractivity contribution in [3.63, 3.8) is 0 Å². The van der Waals surface area contributed by atoms with Crippen molar-refractivity contribution >= 4 is 35.0 Å². The first-order chi connectivity index (χ1) is 8.88. The van der Waals surface area contributed by atoms with Gasteiger partial charge in [0.15, 0.2) is 5.82 Å². The Bertz CT molecular complexity index is 580. The van der Waals surface area contributed by atoms with Crippen molar-refractivity contribution in [1.29, 1.82) is 0 Å². The van der Waals surface area contributed by atoms with Crippen LogP contribution in [0.2, 0.25) is 25.7 Å². The molecule has 0 spiro atoms. The molecule has 0 radical (unpaired) electrons. The third kappa shape index (κ3) is 3.64. The van der Waals surface area contributed by atoms with Crippen LogP contribution >= 0.6 is 15.9 Å². The number of fused-ring (bicyclic) bond motifs is 1. The number of aromatic nitrogens is 2. The number of rotatable bonds is 5. The van der Waals surface area contributed by atoms with Crippen LogP contribution < -0.4 is 0 Å². The molecule has 0 bridgehead atoms. The fourth-order valence-electron chi connectivity index (χ4n) is 1.72. The molecule has 3 nitrogen and oxygen atoms in total. The number of hydrogen-bond donors (Lipinski definition) is 0. The number of benzene rings is 1. The highest BCUT2D eigenvalue weighted by atomic mass is 79.9. The van der Waals surface area contributed by atoms with Crippen LogP contribution in [0, 0.1) is 5.82 Å². The van der Waals surface area contributed by atoms with Crippen molar-refractivity contribution in [2.24, 2.45) is 0 Å². The van der Waals surface area contributed by atoms with Crippen LogP contribution in [0.1, 0.15) is 0 Å². The summed E-state index contributed by atoms with van der Waals surface area (Å²) in [5, 5.41) is 0. The molecule has 0 N–H and O–H groups in total. The maximum Gasteiger partial charge on any atom is 0.165 e. The Hall–Kier alpha value is -0.723. The molecule has 2 aromatic rings. The first-order valence-electron chi connectivity index (χ1n) is 6.25. The van der Waals surface area contributed by atoms with Gasteiger partial charge in [0.2, 0.25) is 0 Å². The van der Waals surface area contributed by atoms with Gasteiger partial charge in [0.25, 0.3) is 0 Å². The summed E-state index contributed by atoms with van der Waals surface area (Å²) in [6, 6.07) is 4.66. The van der Waals surface area contributed by atoms with E-state index in [4.69, 9.17) is 4.74 Å². The maximum absolute atomic E-state index is 13.8. The zero-order chi connectivity index (χ0) is 14.0. The van der Waals surface area contributed by atoms with Gasteiger partial charge in [0, 0.05) is 14.7 Å². The molecule has 0 amide bonds. The average molecular weight is 345 g/mol. The minimum absolute atomic E-state index is 0.321. The van der Waals surface area contributed by atoms with E-state index in [0.717, 1.165) is 18.2 Å². The van der Waals surface area contributed by atoms with Gasteiger partial charge in [-0.1, -0.05) is 19.6 Å². The van der Waals surface area contributed by atoms with Crippen molar-refractivity contribution in [1.82, 2.24) is 9.55 Å². The highest BCUT2D eigenvalue weighted by Crippen LogP contribution is 2.23. The Balaban J connectivity index is 2.04. The SMILES string of the molecule is C[Si](C)(C)CCOCn1cnc2c(F)c(Br)ccc21. The third-order valence-electron chi connectivity index (χ3n) is 2.91. The van der Waals surface area contributed by atoms with Gasteiger partial charge in [-0.3, -0.25) is 0 Å². The molecule has 0 fully saturated rings. The molecule has 6 heteroatoms. The quantitative estimate of drug-likeness (QED) is 0.598. The molecule has 0 aliphatic heterocycles. The van der Waals surface area contributed by atoms with E-state index in [2.05, 4.69) is 40.6 Å². The maximum atomic E-state index is 13.8. The monoisotopic (exact) mass is 344 g/mol. The summed E-state index contributed by atoms with van der Waals surface area (Å²) in [5.74, 6) is -0.321. The van der Waals surface area contributed by atoms with Crippen LogP contribution in [0.5, 0.6) is 0 Å². The van der Waals surface area contributed by atoms with Crippen molar-refractivity contribution < 1.29 is 9.13 Å². The second-order valence-corrected chi connectivity index (χ2v) is 12.3. The smallest absolute Gasteiger partial charge is 0.165 e. The summed E-state index contributed by atoms with van der Waals surface area (Å²) >= 11 is 3.16. The predicted octanol–water partition coefficient (Wildman–Crippen LogP) is 4.25. The van der Waals surface area contributed by atoms with Gasteiger partial charge in [0.1, 0.15) is 12.2 Å². The van der Waals surface area contributed by atoms with E-state index in [9.17, 15) is 4.39 Å². The van der Waals surface area contributed by atoms with Crippen molar-refractivity contribution in [2.75, 3.05) is 6.61 Å². The molecule has 104 valence electrons. The lowest BCUT2D eigenvalue weighted by Crippen LogP contribution is -2.21. The van der Waals surface area contributed by atoms with E-state index in [-0.39, 0.29) is 5.82 Å². The lowest BCUT2D eigenvalue weighted by molar-refractivity contribution is 0.0898. The number of hydrogen-bond acceptors (Lipinski definition) is 2. The fourth-order valence-corrected chi connectivity index (χ4v) is 2.79. The van der Waals surface area contributed by atoms with Crippen molar-refractivity contribution in [3.8, 4) is 0 Å². The predicted molar refractivity (Wildman–Crippen MR) is 81.5 cm³/mol. The van der Waals surface area contributed by atoms with E-state index in [1.807, 2.05) is 10.6 Å². The highest BCUT2D eigenvalue weighted by Gasteiger charge is 2.13. The Morgan fingerprint density at radius 2 is 2.11 bits per heavy atom. The summed E-state index contributed by atoms with van der Waals surface area (Å²) in [5.41, 5.74) is 1.14. The largest absolute Gasteiger partial charge is 0.361 e. The zero-order valence-electron chi connectivity index (χ0n) is 11.4. The number of ether oxygens (including phenoxy) is 1. The van der Waals surface area contributed by atoms with E-state index in [1.165, 1.54) is 0 Å². The van der Waals surface area contributed by atoms with Gasteiger partial charge < -0.3 is 9.30 Å². The van der Waals surface area contributed by atoms with Crippen LogP contribution in [-0.4, -0.2) is 24.2 Å². The number of imidazole rings is 1. The Kier molecular flexibility index (Phi) is 4.42.